The zero-order valence-electron chi connectivity index (χ0n) is 21.4. The number of halogens is 1. The number of hydrogen-bond donors (Lipinski definition) is 3. The molecule has 3 N–H and O–H groups in total. The summed E-state index contributed by atoms with van der Waals surface area (Å²) in [5.74, 6) is 1.61. The molecule has 35 heavy (non-hydrogen) atoms. The van der Waals surface area contributed by atoms with E-state index in [4.69, 9.17) is 4.74 Å². The van der Waals surface area contributed by atoms with Crippen molar-refractivity contribution >= 4 is 29.0 Å². The van der Waals surface area contributed by atoms with Crippen LogP contribution in [0.5, 0.6) is 0 Å². The van der Waals surface area contributed by atoms with Gasteiger partial charge < -0.3 is 20.7 Å². The molecule has 0 unspecified atom stereocenters. The number of nitrogens with zero attached hydrogens (tertiary/aromatic N) is 1. The second kappa shape index (κ2) is 16.7. The van der Waals surface area contributed by atoms with Crippen molar-refractivity contribution in [3.63, 3.8) is 0 Å². The average Bonchev–Trinajstić information content (AvgIpc) is 3.08. The van der Waals surface area contributed by atoms with Gasteiger partial charge in [0, 0.05) is 31.2 Å². The topological polar surface area (TPSA) is 57.7 Å². The number of anilines is 2. The smallest absolute Gasteiger partial charge is 0.127 e. The Morgan fingerprint density at radius 1 is 1.29 bits per heavy atom. The van der Waals surface area contributed by atoms with Crippen LogP contribution in [-0.4, -0.2) is 45.5 Å². The lowest BCUT2D eigenvalue weighted by Crippen LogP contribution is -2.19. The van der Waals surface area contributed by atoms with E-state index >= 15 is 0 Å². The molecule has 0 aromatic heterocycles. The van der Waals surface area contributed by atoms with Gasteiger partial charge in [-0.1, -0.05) is 30.4 Å². The molecule has 1 aromatic carbocycles. The van der Waals surface area contributed by atoms with E-state index in [9.17, 15) is 4.39 Å². The van der Waals surface area contributed by atoms with Crippen molar-refractivity contribution in [1.82, 2.24) is 5.32 Å². The van der Waals surface area contributed by atoms with Crippen molar-refractivity contribution in [2.45, 2.75) is 33.1 Å². The Balaban J connectivity index is 1.92. The Kier molecular flexibility index (Phi) is 13.5. The molecule has 0 fully saturated rings. The van der Waals surface area contributed by atoms with E-state index in [-0.39, 0.29) is 0 Å². The molecule has 0 radical (unpaired) electrons. The van der Waals surface area contributed by atoms with Crippen LogP contribution >= 0.6 is 11.8 Å². The summed E-state index contributed by atoms with van der Waals surface area (Å²) in [7, 11) is 1.90. The van der Waals surface area contributed by atoms with E-state index in [1.807, 2.05) is 50.4 Å². The van der Waals surface area contributed by atoms with Gasteiger partial charge in [-0.15, -0.1) is 11.8 Å². The van der Waals surface area contributed by atoms with Gasteiger partial charge in [0.25, 0.3) is 0 Å². The minimum atomic E-state index is -0.495. The van der Waals surface area contributed by atoms with Crippen molar-refractivity contribution in [2.24, 2.45) is 4.99 Å². The molecule has 0 aliphatic carbocycles. The molecule has 2 rings (SSSR count). The van der Waals surface area contributed by atoms with E-state index in [1.54, 1.807) is 24.8 Å². The number of benzene rings is 1. The first-order chi connectivity index (χ1) is 17.1. The molecule has 5 nitrogen and oxygen atoms in total. The summed E-state index contributed by atoms with van der Waals surface area (Å²) < 4.78 is 19.0. The third kappa shape index (κ3) is 10.5. The van der Waals surface area contributed by atoms with Gasteiger partial charge in [-0.3, -0.25) is 4.99 Å². The SMILES string of the molecule is CCN=C1NC=C(SC)CC=C1CC/C=C/C=C(\C=C(/C)CF)OCCNc1ccccc1NC. The lowest BCUT2D eigenvalue weighted by Gasteiger charge is -2.12. The molecule has 1 aromatic rings. The molecule has 0 amide bonds. The number of nitrogens with one attached hydrogen (secondary N) is 3. The number of thioether (sulfide) groups is 1. The first-order valence-electron chi connectivity index (χ1n) is 12.1. The van der Waals surface area contributed by atoms with Crippen LogP contribution in [0.25, 0.3) is 0 Å². The first kappa shape index (κ1) is 28.3. The summed E-state index contributed by atoms with van der Waals surface area (Å²) in [5.41, 5.74) is 3.92. The van der Waals surface area contributed by atoms with Crippen LogP contribution in [0, 0.1) is 0 Å². The maximum Gasteiger partial charge on any atom is 0.127 e. The van der Waals surface area contributed by atoms with Crippen LogP contribution in [0.3, 0.4) is 0 Å². The summed E-state index contributed by atoms with van der Waals surface area (Å²) in [6.07, 6.45) is 16.9. The lowest BCUT2D eigenvalue weighted by molar-refractivity contribution is 0.236. The molecule has 0 spiro atoms. The van der Waals surface area contributed by atoms with Gasteiger partial charge in [0.05, 0.1) is 11.4 Å². The summed E-state index contributed by atoms with van der Waals surface area (Å²) in [4.78, 5) is 5.91. The highest BCUT2D eigenvalue weighted by Gasteiger charge is 2.09. The van der Waals surface area contributed by atoms with Crippen LogP contribution in [-0.2, 0) is 4.74 Å². The fraction of sp³-hybridized carbons (Fsp3) is 0.393. The summed E-state index contributed by atoms with van der Waals surface area (Å²) >= 11 is 1.76. The van der Waals surface area contributed by atoms with Gasteiger partial charge in [-0.2, -0.15) is 0 Å². The number of alkyl halides is 1. The summed E-state index contributed by atoms with van der Waals surface area (Å²) in [6, 6.07) is 8.02. The molecule has 1 aliphatic rings. The highest BCUT2D eigenvalue weighted by atomic mass is 32.2. The lowest BCUT2D eigenvalue weighted by atomic mass is 10.1. The number of rotatable bonds is 14. The Morgan fingerprint density at radius 3 is 2.80 bits per heavy atom. The van der Waals surface area contributed by atoms with Gasteiger partial charge in [-0.05, 0) is 74.8 Å². The van der Waals surface area contributed by atoms with Crippen LogP contribution in [0.15, 0.2) is 87.6 Å². The van der Waals surface area contributed by atoms with E-state index in [2.05, 4.69) is 45.6 Å². The van der Waals surface area contributed by atoms with Gasteiger partial charge in [0.2, 0.25) is 0 Å². The van der Waals surface area contributed by atoms with Gasteiger partial charge in [-0.25, -0.2) is 4.39 Å². The molecule has 0 saturated heterocycles. The summed E-state index contributed by atoms with van der Waals surface area (Å²) in [5, 5.41) is 9.89. The van der Waals surface area contributed by atoms with Crippen molar-refractivity contribution in [1.29, 1.82) is 0 Å². The predicted octanol–water partition coefficient (Wildman–Crippen LogP) is 6.84. The molecule has 0 saturated carbocycles. The minimum absolute atomic E-state index is 0.466. The van der Waals surface area contributed by atoms with E-state index < -0.39 is 6.67 Å². The normalized spacial score (nSPS) is 16.0. The third-order valence-electron chi connectivity index (χ3n) is 5.26. The number of para-hydroxylation sites is 2. The number of allylic oxidation sites excluding steroid dienone is 7. The number of aliphatic imine (C=N–C) groups is 1. The Bertz CT molecular complexity index is 979. The minimum Gasteiger partial charge on any atom is -0.492 e. The second-order valence-electron chi connectivity index (χ2n) is 7.95. The van der Waals surface area contributed by atoms with Crippen LogP contribution in [0.1, 0.15) is 33.1 Å². The maximum absolute atomic E-state index is 13.1. The van der Waals surface area contributed by atoms with Crippen LogP contribution < -0.4 is 16.0 Å². The Labute approximate surface area is 214 Å². The first-order valence-corrected chi connectivity index (χ1v) is 13.3. The molecular formula is C28H39FN4OS. The fourth-order valence-corrected chi connectivity index (χ4v) is 3.84. The highest BCUT2D eigenvalue weighted by Crippen LogP contribution is 2.22. The zero-order chi connectivity index (χ0) is 25.3. The van der Waals surface area contributed by atoms with Gasteiger partial charge >= 0.3 is 0 Å². The average molecular weight is 499 g/mol. The Morgan fingerprint density at radius 2 is 2.09 bits per heavy atom. The largest absolute Gasteiger partial charge is 0.492 e. The number of ether oxygens (including phenoxy) is 1. The highest BCUT2D eigenvalue weighted by molar-refractivity contribution is 8.02. The van der Waals surface area contributed by atoms with E-state index in [0.717, 1.165) is 43.0 Å². The quantitative estimate of drug-likeness (QED) is 0.149. The van der Waals surface area contributed by atoms with Crippen molar-refractivity contribution in [2.75, 3.05) is 50.3 Å². The number of hydrogen-bond acceptors (Lipinski definition) is 5. The second-order valence-corrected chi connectivity index (χ2v) is 8.88. The molecule has 0 atom stereocenters. The predicted molar refractivity (Wildman–Crippen MR) is 152 cm³/mol. The van der Waals surface area contributed by atoms with Crippen molar-refractivity contribution in [3.05, 3.63) is 82.7 Å². The van der Waals surface area contributed by atoms with Crippen molar-refractivity contribution < 1.29 is 9.13 Å². The van der Waals surface area contributed by atoms with Crippen LogP contribution in [0.2, 0.25) is 0 Å². The molecule has 1 heterocycles. The molecular weight excluding hydrogens is 459 g/mol. The standard InChI is InChI=1S/C28H39FN4OS/c1-5-31-28-23(15-16-25(35-4)21-33-28)11-7-6-8-12-24(19-22(2)20-29)34-18-17-32-27-14-10-9-13-26(27)30-3/h6,8-10,12-15,19,21,30,32H,5,7,11,16-18,20H2,1-4H3,(H,31,33)/b8-6+,22-19+,24-12+. The van der Waals surface area contributed by atoms with E-state index in [0.29, 0.717) is 24.5 Å². The zero-order valence-corrected chi connectivity index (χ0v) is 22.2. The van der Waals surface area contributed by atoms with E-state index in [1.165, 1.54) is 10.5 Å². The molecule has 190 valence electrons. The fourth-order valence-electron chi connectivity index (χ4n) is 3.42. The maximum atomic E-state index is 13.1. The Hall–Kier alpha value is -2.93. The monoisotopic (exact) mass is 498 g/mol. The molecule has 0 bridgehead atoms. The molecule has 1 aliphatic heterocycles. The van der Waals surface area contributed by atoms with Crippen LogP contribution in [0.4, 0.5) is 15.8 Å². The third-order valence-corrected chi connectivity index (χ3v) is 6.07. The van der Waals surface area contributed by atoms with Crippen molar-refractivity contribution in [3.8, 4) is 0 Å². The summed E-state index contributed by atoms with van der Waals surface area (Å²) in [6.45, 7) is 5.16. The van der Waals surface area contributed by atoms with Gasteiger partial charge in [0.15, 0.2) is 0 Å². The number of amidine groups is 1. The van der Waals surface area contributed by atoms with Gasteiger partial charge in [0.1, 0.15) is 24.9 Å². The molecule has 7 heteroatoms.